The van der Waals surface area contributed by atoms with E-state index in [0.717, 1.165) is 5.69 Å². The Bertz CT molecular complexity index is 537. The maximum atomic E-state index is 10.9. The van der Waals surface area contributed by atoms with E-state index < -0.39 is 0 Å². The van der Waals surface area contributed by atoms with E-state index in [-0.39, 0.29) is 12.4 Å². The van der Waals surface area contributed by atoms with Crippen LogP contribution in [0.15, 0.2) is 16.8 Å². The van der Waals surface area contributed by atoms with E-state index in [1.54, 1.807) is 12.1 Å². The number of anilines is 2. The average Bonchev–Trinajstić information content (AvgIpc) is 2.82. The fraction of sp³-hybridized carbons (Fsp3) is 0.300. The fourth-order valence-electron chi connectivity index (χ4n) is 1.43. The first-order valence-electron chi connectivity index (χ1n) is 5.04. The van der Waals surface area contributed by atoms with Crippen molar-refractivity contribution in [1.29, 1.82) is 0 Å². The van der Waals surface area contributed by atoms with Crippen molar-refractivity contribution in [1.82, 2.24) is 10.3 Å². The highest BCUT2D eigenvalue weighted by atomic mass is 16.6. The molecule has 0 aliphatic rings. The Morgan fingerprint density at radius 1 is 1.47 bits per heavy atom. The number of rotatable bonds is 4. The normalized spacial score (nSPS) is 10.4. The maximum absolute atomic E-state index is 10.9. The minimum atomic E-state index is -0.275. The van der Waals surface area contributed by atoms with Crippen LogP contribution in [0.1, 0.15) is 6.42 Å². The van der Waals surface area contributed by atoms with E-state index in [9.17, 15) is 4.79 Å². The van der Waals surface area contributed by atoms with Gasteiger partial charge in [-0.1, -0.05) is 0 Å². The van der Waals surface area contributed by atoms with Gasteiger partial charge >= 0.3 is 5.97 Å². The van der Waals surface area contributed by atoms with Gasteiger partial charge in [-0.2, -0.15) is 0 Å². The Morgan fingerprint density at radius 3 is 3.00 bits per heavy atom. The predicted molar refractivity (Wildman–Crippen MR) is 61.3 cm³/mol. The monoisotopic (exact) mass is 236 g/mol. The van der Waals surface area contributed by atoms with Crippen molar-refractivity contribution in [3.63, 3.8) is 0 Å². The van der Waals surface area contributed by atoms with Crippen molar-refractivity contribution < 1.29 is 14.2 Å². The highest BCUT2D eigenvalue weighted by Gasteiger charge is 2.09. The first-order valence-corrected chi connectivity index (χ1v) is 5.04. The zero-order valence-corrected chi connectivity index (χ0v) is 9.27. The second kappa shape index (κ2) is 4.69. The second-order valence-corrected chi connectivity index (χ2v) is 3.42. The van der Waals surface area contributed by atoms with Gasteiger partial charge in [0.15, 0.2) is 11.0 Å². The number of nitrogen functional groups attached to an aromatic ring is 1. The van der Waals surface area contributed by atoms with Crippen LogP contribution in [0.25, 0.3) is 11.0 Å². The lowest BCUT2D eigenvalue weighted by Gasteiger charge is -2.05. The first kappa shape index (κ1) is 11.2. The number of benzene rings is 1. The van der Waals surface area contributed by atoms with Crippen LogP contribution >= 0.6 is 0 Å². The Morgan fingerprint density at radius 2 is 2.24 bits per heavy atom. The van der Waals surface area contributed by atoms with Gasteiger partial charge in [-0.15, -0.1) is 0 Å². The van der Waals surface area contributed by atoms with E-state index in [0.29, 0.717) is 23.3 Å². The summed E-state index contributed by atoms with van der Waals surface area (Å²) >= 11 is 0. The minimum absolute atomic E-state index is 0.271. The molecule has 2 aromatic rings. The Balaban J connectivity index is 2.11. The van der Waals surface area contributed by atoms with E-state index in [4.69, 9.17) is 5.73 Å². The molecule has 0 bridgehead atoms. The van der Waals surface area contributed by atoms with Crippen molar-refractivity contribution in [3.05, 3.63) is 12.1 Å². The third-order valence-corrected chi connectivity index (χ3v) is 2.32. The highest BCUT2D eigenvalue weighted by Crippen LogP contribution is 2.24. The number of esters is 1. The van der Waals surface area contributed by atoms with E-state index >= 15 is 0 Å². The summed E-state index contributed by atoms with van der Waals surface area (Å²) in [6, 6.07) is 3.46. The number of nitrogens with zero attached hydrogens (tertiary/aromatic N) is 2. The smallest absolute Gasteiger partial charge is 0.307 e. The zero-order chi connectivity index (χ0) is 12.3. The highest BCUT2D eigenvalue weighted by molar-refractivity contribution is 5.95. The Labute approximate surface area is 96.9 Å². The van der Waals surface area contributed by atoms with Gasteiger partial charge in [0.2, 0.25) is 0 Å². The predicted octanol–water partition coefficient (Wildman–Crippen LogP) is 0.780. The van der Waals surface area contributed by atoms with Crippen LogP contribution in [-0.2, 0) is 9.53 Å². The standard InChI is InChI=1S/C10H12N4O3/c1-16-8(15)4-5-12-7-3-2-6(11)9-10(7)14-17-13-9/h2-3,12H,4-5,11H2,1H3. The van der Waals surface area contributed by atoms with Crippen molar-refractivity contribution in [2.75, 3.05) is 24.7 Å². The fourth-order valence-corrected chi connectivity index (χ4v) is 1.43. The van der Waals surface area contributed by atoms with Gasteiger partial charge in [0.25, 0.3) is 0 Å². The topological polar surface area (TPSA) is 103 Å². The summed E-state index contributed by atoms with van der Waals surface area (Å²) in [5.74, 6) is -0.275. The number of ether oxygens (including phenoxy) is 1. The number of methoxy groups -OCH3 is 1. The number of hydrogen-bond acceptors (Lipinski definition) is 7. The van der Waals surface area contributed by atoms with Crippen LogP contribution in [0.4, 0.5) is 11.4 Å². The molecule has 0 saturated heterocycles. The molecule has 0 aliphatic heterocycles. The van der Waals surface area contributed by atoms with Gasteiger partial charge in [-0.25, -0.2) is 4.63 Å². The quantitative estimate of drug-likeness (QED) is 0.597. The molecular weight excluding hydrogens is 224 g/mol. The van der Waals surface area contributed by atoms with Crippen LogP contribution in [0, 0.1) is 0 Å². The summed E-state index contributed by atoms with van der Waals surface area (Å²) in [7, 11) is 1.35. The largest absolute Gasteiger partial charge is 0.469 e. The Hall–Kier alpha value is -2.31. The molecule has 7 heteroatoms. The SMILES string of the molecule is COC(=O)CCNc1ccc(N)c2nonc12. The molecule has 2 rings (SSSR count). The summed E-state index contributed by atoms with van der Waals surface area (Å²) in [5.41, 5.74) is 7.98. The molecule has 0 atom stereocenters. The minimum Gasteiger partial charge on any atom is -0.469 e. The zero-order valence-electron chi connectivity index (χ0n) is 9.27. The number of carbonyl (C=O) groups is 1. The van der Waals surface area contributed by atoms with Gasteiger partial charge in [0.05, 0.1) is 24.9 Å². The summed E-state index contributed by atoms with van der Waals surface area (Å²) < 4.78 is 9.16. The molecule has 7 nitrogen and oxygen atoms in total. The molecule has 1 aromatic heterocycles. The lowest BCUT2D eigenvalue weighted by molar-refractivity contribution is -0.140. The van der Waals surface area contributed by atoms with Crippen LogP contribution in [0.3, 0.4) is 0 Å². The summed E-state index contributed by atoms with van der Waals surface area (Å²) in [6.45, 7) is 0.443. The van der Waals surface area contributed by atoms with Crippen molar-refractivity contribution in [3.8, 4) is 0 Å². The molecular formula is C10H12N4O3. The van der Waals surface area contributed by atoms with Gasteiger partial charge < -0.3 is 15.8 Å². The molecule has 0 spiro atoms. The molecule has 0 fully saturated rings. The molecule has 1 aromatic carbocycles. The van der Waals surface area contributed by atoms with Gasteiger partial charge in [0, 0.05) is 6.54 Å². The number of aromatic nitrogens is 2. The molecule has 0 radical (unpaired) electrons. The molecule has 90 valence electrons. The molecule has 3 N–H and O–H groups in total. The molecule has 0 unspecified atom stereocenters. The summed E-state index contributed by atoms with van der Waals surface area (Å²) in [5, 5.41) is 10.5. The van der Waals surface area contributed by atoms with Gasteiger partial charge in [0.1, 0.15) is 0 Å². The Kier molecular flexibility index (Phi) is 3.08. The number of nitrogens with one attached hydrogen (secondary N) is 1. The molecule has 1 heterocycles. The third-order valence-electron chi connectivity index (χ3n) is 2.32. The number of hydrogen-bond donors (Lipinski definition) is 2. The van der Waals surface area contributed by atoms with E-state index in [1.807, 2.05) is 0 Å². The number of fused-ring (bicyclic) bond motifs is 1. The van der Waals surface area contributed by atoms with Crippen molar-refractivity contribution in [2.24, 2.45) is 0 Å². The molecule has 17 heavy (non-hydrogen) atoms. The molecule has 0 saturated carbocycles. The van der Waals surface area contributed by atoms with Crippen LogP contribution in [-0.4, -0.2) is 29.9 Å². The molecule has 0 amide bonds. The van der Waals surface area contributed by atoms with Gasteiger partial charge in [-0.05, 0) is 22.4 Å². The van der Waals surface area contributed by atoms with Gasteiger partial charge in [-0.3, -0.25) is 4.79 Å². The van der Waals surface area contributed by atoms with Crippen molar-refractivity contribution >= 4 is 28.4 Å². The van der Waals surface area contributed by atoms with E-state index in [1.165, 1.54) is 7.11 Å². The third kappa shape index (κ3) is 2.27. The first-order chi connectivity index (χ1) is 8.22. The van der Waals surface area contributed by atoms with Crippen LogP contribution in [0.2, 0.25) is 0 Å². The summed E-state index contributed by atoms with van der Waals surface area (Å²) in [4.78, 5) is 10.9. The maximum Gasteiger partial charge on any atom is 0.307 e. The van der Waals surface area contributed by atoms with Crippen LogP contribution < -0.4 is 11.1 Å². The average molecular weight is 236 g/mol. The number of nitrogens with two attached hydrogens (primary N) is 1. The van der Waals surface area contributed by atoms with Crippen molar-refractivity contribution in [2.45, 2.75) is 6.42 Å². The van der Waals surface area contributed by atoms with Crippen LogP contribution in [0.5, 0.6) is 0 Å². The second-order valence-electron chi connectivity index (χ2n) is 3.42. The van der Waals surface area contributed by atoms with E-state index in [2.05, 4.69) is 25.0 Å². The number of carbonyl (C=O) groups excluding carboxylic acids is 1. The summed E-state index contributed by atoms with van der Waals surface area (Å²) in [6.07, 6.45) is 0.271. The lowest BCUT2D eigenvalue weighted by atomic mass is 10.2. The lowest BCUT2D eigenvalue weighted by Crippen LogP contribution is -2.10. The molecule has 0 aliphatic carbocycles.